The third-order valence-corrected chi connectivity index (χ3v) is 6.61. The van der Waals surface area contributed by atoms with Gasteiger partial charge in [0.05, 0.1) is 9.88 Å². The molecule has 0 saturated carbocycles. The second-order valence-electron chi connectivity index (χ2n) is 6.12. The summed E-state index contributed by atoms with van der Waals surface area (Å²) < 4.78 is 0. The quantitative estimate of drug-likeness (QED) is 0.607. The summed E-state index contributed by atoms with van der Waals surface area (Å²) in [6, 6.07) is 9.03. The van der Waals surface area contributed by atoms with E-state index in [9.17, 15) is 9.59 Å². The van der Waals surface area contributed by atoms with Crippen LogP contribution in [-0.4, -0.2) is 11.8 Å². The van der Waals surface area contributed by atoms with Crippen molar-refractivity contribution >= 4 is 56.8 Å². The van der Waals surface area contributed by atoms with Crippen LogP contribution in [0.4, 0.5) is 10.7 Å². The summed E-state index contributed by atoms with van der Waals surface area (Å²) in [5, 5.41) is 11.3. The van der Waals surface area contributed by atoms with E-state index in [4.69, 9.17) is 11.6 Å². The van der Waals surface area contributed by atoms with Crippen molar-refractivity contribution in [2.75, 3.05) is 10.6 Å². The Labute approximate surface area is 163 Å². The van der Waals surface area contributed by atoms with E-state index < -0.39 is 0 Å². The summed E-state index contributed by atoms with van der Waals surface area (Å²) in [7, 11) is 0. The van der Waals surface area contributed by atoms with E-state index in [2.05, 4.69) is 16.0 Å². The maximum absolute atomic E-state index is 12.8. The van der Waals surface area contributed by atoms with Gasteiger partial charge in [0.2, 0.25) is 5.91 Å². The average molecular weight is 403 g/mol. The molecule has 26 heavy (non-hydrogen) atoms. The fraction of sp³-hybridized carbons (Fsp3) is 0.158. The lowest BCUT2D eigenvalue weighted by molar-refractivity contribution is -0.116. The first-order valence-corrected chi connectivity index (χ1v) is 10.2. The fourth-order valence-corrected chi connectivity index (χ4v) is 5.22. The second kappa shape index (κ2) is 6.87. The van der Waals surface area contributed by atoms with Crippen LogP contribution in [0.3, 0.4) is 0 Å². The van der Waals surface area contributed by atoms with E-state index in [0.29, 0.717) is 22.0 Å². The molecule has 2 aromatic heterocycles. The number of carbonyl (C=O) groups is 2. The zero-order valence-electron chi connectivity index (χ0n) is 13.8. The summed E-state index contributed by atoms with van der Waals surface area (Å²) in [4.78, 5) is 25.5. The van der Waals surface area contributed by atoms with Gasteiger partial charge in [0.1, 0.15) is 0 Å². The van der Waals surface area contributed by atoms with Crippen LogP contribution in [0.2, 0.25) is 5.02 Å². The maximum atomic E-state index is 12.8. The highest BCUT2D eigenvalue weighted by molar-refractivity contribution is 7.18. The van der Waals surface area contributed by atoms with E-state index in [0.717, 1.165) is 21.7 Å². The van der Waals surface area contributed by atoms with Crippen molar-refractivity contribution in [1.82, 2.24) is 0 Å². The minimum absolute atomic E-state index is 0.00154. The Morgan fingerprint density at radius 2 is 2.04 bits per heavy atom. The molecule has 0 unspecified atom stereocenters. The van der Waals surface area contributed by atoms with Gasteiger partial charge in [-0.05, 0) is 64.7 Å². The molecule has 0 bridgehead atoms. The van der Waals surface area contributed by atoms with Crippen LogP contribution >= 0.6 is 34.3 Å². The molecule has 1 aliphatic rings. The SMILES string of the molecule is Cc1c(C(=O)Nc2ccc(Cl)cc2)sc2c1[C@@H](c1ccsc1)CC(=O)N2. The van der Waals surface area contributed by atoms with Crippen molar-refractivity contribution in [3.8, 4) is 0 Å². The summed E-state index contributed by atoms with van der Waals surface area (Å²) in [5.41, 5.74) is 3.78. The highest BCUT2D eigenvalue weighted by Crippen LogP contribution is 2.45. The minimum Gasteiger partial charge on any atom is -0.321 e. The first-order chi connectivity index (χ1) is 12.5. The van der Waals surface area contributed by atoms with Crippen LogP contribution < -0.4 is 10.6 Å². The van der Waals surface area contributed by atoms with E-state index in [1.807, 2.05) is 18.4 Å². The molecule has 4 rings (SSSR count). The van der Waals surface area contributed by atoms with Gasteiger partial charge < -0.3 is 10.6 Å². The Kier molecular flexibility index (Phi) is 4.56. The molecule has 7 heteroatoms. The molecular weight excluding hydrogens is 388 g/mol. The number of anilines is 2. The number of thiophene rings is 2. The van der Waals surface area contributed by atoms with Crippen LogP contribution in [-0.2, 0) is 4.79 Å². The van der Waals surface area contributed by atoms with E-state index in [1.54, 1.807) is 35.6 Å². The van der Waals surface area contributed by atoms with Crippen molar-refractivity contribution in [1.29, 1.82) is 0 Å². The lowest BCUT2D eigenvalue weighted by Crippen LogP contribution is -2.22. The number of halogens is 1. The summed E-state index contributed by atoms with van der Waals surface area (Å²) in [6.07, 6.45) is 0.402. The Balaban J connectivity index is 1.69. The maximum Gasteiger partial charge on any atom is 0.266 e. The molecule has 0 radical (unpaired) electrons. The predicted octanol–water partition coefficient (Wildman–Crippen LogP) is 5.50. The van der Waals surface area contributed by atoms with Gasteiger partial charge in [-0.3, -0.25) is 9.59 Å². The topological polar surface area (TPSA) is 58.2 Å². The molecule has 2 amide bonds. The molecule has 0 spiro atoms. The van der Waals surface area contributed by atoms with E-state index in [-0.39, 0.29) is 17.7 Å². The van der Waals surface area contributed by atoms with Gasteiger partial charge >= 0.3 is 0 Å². The highest BCUT2D eigenvalue weighted by Gasteiger charge is 2.33. The molecule has 4 nitrogen and oxygen atoms in total. The zero-order valence-corrected chi connectivity index (χ0v) is 16.2. The largest absolute Gasteiger partial charge is 0.321 e. The number of hydrogen-bond donors (Lipinski definition) is 2. The van der Waals surface area contributed by atoms with Crippen molar-refractivity contribution < 1.29 is 9.59 Å². The molecule has 132 valence electrons. The Hall–Kier alpha value is -2.15. The van der Waals surface area contributed by atoms with Gasteiger partial charge in [-0.15, -0.1) is 11.3 Å². The number of benzene rings is 1. The molecule has 1 atom stereocenters. The van der Waals surface area contributed by atoms with Gasteiger partial charge in [-0.25, -0.2) is 0 Å². The van der Waals surface area contributed by atoms with Gasteiger partial charge in [-0.2, -0.15) is 11.3 Å². The summed E-state index contributed by atoms with van der Waals surface area (Å²) in [5.74, 6) is -0.194. The summed E-state index contributed by atoms with van der Waals surface area (Å²) in [6.45, 7) is 1.95. The van der Waals surface area contributed by atoms with Gasteiger partial charge in [0.15, 0.2) is 0 Å². The summed E-state index contributed by atoms with van der Waals surface area (Å²) >= 11 is 8.83. The standard InChI is InChI=1S/C19H15ClN2O2S2/c1-10-16-14(11-6-7-25-9-11)8-15(23)22-19(16)26-17(10)18(24)21-13-4-2-12(20)3-5-13/h2-7,9,14H,8H2,1H3,(H,21,24)(H,22,23)/t14-/m1/s1. The molecule has 2 N–H and O–H groups in total. The van der Waals surface area contributed by atoms with Crippen LogP contribution in [0, 0.1) is 6.92 Å². The molecule has 3 heterocycles. The molecule has 0 saturated heterocycles. The smallest absolute Gasteiger partial charge is 0.266 e. The Bertz CT molecular complexity index is 978. The number of carbonyl (C=O) groups excluding carboxylic acids is 2. The molecule has 0 fully saturated rings. The number of amides is 2. The highest BCUT2D eigenvalue weighted by atomic mass is 35.5. The number of nitrogens with one attached hydrogen (secondary N) is 2. The minimum atomic E-state index is -0.178. The molecule has 0 aliphatic carbocycles. The van der Waals surface area contributed by atoms with Crippen LogP contribution in [0.5, 0.6) is 0 Å². The van der Waals surface area contributed by atoms with Crippen molar-refractivity contribution in [3.63, 3.8) is 0 Å². The third kappa shape index (κ3) is 3.16. The molecule has 3 aromatic rings. The van der Waals surface area contributed by atoms with Gasteiger partial charge in [0.25, 0.3) is 5.91 Å². The predicted molar refractivity (Wildman–Crippen MR) is 108 cm³/mol. The Morgan fingerprint density at radius 1 is 1.27 bits per heavy atom. The average Bonchev–Trinajstić information content (AvgIpc) is 3.25. The fourth-order valence-electron chi connectivity index (χ4n) is 3.20. The molecular formula is C19H15ClN2O2S2. The second-order valence-corrected chi connectivity index (χ2v) is 8.36. The van der Waals surface area contributed by atoms with Gasteiger partial charge in [0, 0.05) is 23.0 Å². The number of hydrogen-bond acceptors (Lipinski definition) is 4. The van der Waals surface area contributed by atoms with Crippen molar-refractivity contribution in [2.45, 2.75) is 19.3 Å². The van der Waals surface area contributed by atoms with E-state index in [1.165, 1.54) is 11.3 Å². The van der Waals surface area contributed by atoms with Crippen LogP contribution in [0.1, 0.15) is 38.7 Å². The lowest BCUT2D eigenvalue weighted by atomic mass is 9.86. The lowest BCUT2D eigenvalue weighted by Gasteiger charge is -2.23. The number of fused-ring (bicyclic) bond motifs is 1. The first-order valence-electron chi connectivity index (χ1n) is 8.05. The van der Waals surface area contributed by atoms with Crippen molar-refractivity contribution in [2.24, 2.45) is 0 Å². The Morgan fingerprint density at radius 3 is 2.73 bits per heavy atom. The zero-order chi connectivity index (χ0) is 18.3. The van der Waals surface area contributed by atoms with Crippen LogP contribution in [0.15, 0.2) is 41.1 Å². The normalized spacial score (nSPS) is 16.1. The third-order valence-electron chi connectivity index (χ3n) is 4.44. The first kappa shape index (κ1) is 17.3. The number of rotatable bonds is 3. The molecule has 1 aromatic carbocycles. The van der Waals surface area contributed by atoms with Gasteiger partial charge in [-0.1, -0.05) is 11.6 Å². The van der Waals surface area contributed by atoms with Crippen molar-refractivity contribution in [3.05, 3.63) is 67.7 Å². The van der Waals surface area contributed by atoms with Crippen LogP contribution in [0.25, 0.3) is 0 Å². The monoisotopic (exact) mass is 402 g/mol. The molecule has 1 aliphatic heterocycles. The van der Waals surface area contributed by atoms with E-state index >= 15 is 0 Å².